The summed E-state index contributed by atoms with van der Waals surface area (Å²) >= 11 is 1.89. The minimum atomic E-state index is 0.330. The molecule has 1 aromatic carbocycles. The molecule has 0 saturated carbocycles. The third-order valence-corrected chi connectivity index (χ3v) is 5.07. The van der Waals surface area contributed by atoms with E-state index in [0.717, 1.165) is 37.5 Å². The van der Waals surface area contributed by atoms with Crippen LogP contribution in [-0.4, -0.2) is 13.7 Å². The normalized spacial score (nSPS) is 17.1. The second kappa shape index (κ2) is 6.50. The lowest BCUT2D eigenvalue weighted by molar-refractivity contribution is 0.251. The zero-order valence-electron chi connectivity index (χ0n) is 12.5. The maximum atomic E-state index is 5.73. The molecule has 1 unspecified atom stereocenters. The molecule has 0 radical (unpaired) electrons. The molecule has 0 fully saturated rings. The standard InChI is InChI=1S/C17H21NO2S/c1-3-13-5-6-14(21-13)11-18-16-8-9-20-17-7-4-12(19-2)10-15(16)17/h4-7,10,16,18H,3,8-9,11H2,1-2H3. The van der Waals surface area contributed by atoms with Crippen LogP contribution in [0.4, 0.5) is 0 Å². The summed E-state index contributed by atoms with van der Waals surface area (Å²) in [6.45, 7) is 3.87. The second-order valence-electron chi connectivity index (χ2n) is 5.20. The van der Waals surface area contributed by atoms with Crippen LogP contribution in [-0.2, 0) is 13.0 Å². The van der Waals surface area contributed by atoms with Crippen LogP contribution in [0, 0.1) is 0 Å². The molecule has 1 N–H and O–H groups in total. The van der Waals surface area contributed by atoms with Gasteiger partial charge in [0.05, 0.1) is 13.7 Å². The highest BCUT2D eigenvalue weighted by molar-refractivity contribution is 7.11. The van der Waals surface area contributed by atoms with Gasteiger partial charge in [0.2, 0.25) is 0 Å². The molecular weight excluding hydrogens is 282 g/mol. The van der Waals surface area contributed by atoms with Gasteiger partial charge in [0.25, 0.3) is 0 Å². The summed E-state index contributed by atoms with van der Waals surface area (Å²) in [4.78, 5) is 2.84. The van der Waals surface area contributed by atoms with Gasteiger partial charge in [0, 0.05) is 34.3 Å². The van der Waals surface area contributed by atoms with Crippen LogP contribution in [0.15, 0.2) is 30.3 Å². The van der Waals surface area contributed by atoms with Gasteiger partial charge in [-0.1, -0.05) is 6.92 Å². The molecule has 1 atom stereocenters. The molecule has 3 nitrogen and oxygen atoms in total. The zero-order valence-corrected chi connectivity index (χ0v) is 13.3. The average Bonchev–Trinajstić information content (AvgIpc) is 3.00. The van der Waals surface area contributed by atoms with E-state index < -0.39 is 0 Å². The van der Waals surface area contributed by atoms with Gasteiger partial charge >= 0.3 is 0 Å². The van der Waals surface area contributed by atoms with Crippen molar-refractivity contribution < 1.29 is 9.47 Å². The summed E-state index contributed by atoms with van der Waals surface area (Å²) in [5.74, 6) is 1.86. The number of aryl methyl sites for hydroxylation is 1. The Balaban J connectivity index is 1.72. The molecule has 2 heterocycles. The van der Waals surface area contributed by atoms with Crippen molar-refractivity contribution in [2.24, 2.45) is 0 Å². The Bertz CT molecular complexity index is 609. The van der Waals surface area contributed by atoms with Gasteiger partial charge in [-0.05, 0) is 36.8 Å². The summed E-state index contributed by atoms with van der Waals surface area (Å²) in [5, 5.41) is 3.66. The maximum Gasteiger partial charge on any atom is 0.124 e. The van der Waals surface area contributed by atoms with E-state index in [2.05, 4.69) is 30.4 Å². The van der Waals surface area contributed by atoms with Crippen LogP contribution in [0.5, 0.6) is 11.5 Å². The number of benzene rings is 1. The minimum absolute atomic E-state index is 0.330. The minimum Gasteiger partial charge on any atom is -0.497 e. The number of fused-ring (bicyclic) bond motifs is 1. The van der Waals surface area contributed by atoms with Crippen molar-refractivity contribution in [1.82, 2.24) is 5.32 Å². The Labute approximate surface area is 129 Å². The number of ether oxygens (including phenoxy) is 2. The third kappa shape index (κ3) is 3.22. The lowest BCUT2D eigenvalue weighted by Crippen LogP contribution is -2.26. The van der Waals surface area contributed by atoms with Crippen LogP contribution in [0.1, 0.15) is 34.7 Å². The van der Waals surface area contributed by atoms with Gasteiger partial charge in [-0.2, -0.15) is 0 Å². The Hall–Kier alpha value is -1.52. The Morgan fingerprint density at radius 2 is 2.14 bits per heavy atom. The van der Waals surface area contributed by atoms with E-state index in [9.17, 15) is 0 Å². The predicted molar refractivity (Wildman–Crippen MR) is 86.4 cm³/mol. The Morgan fingerprint density at radius 3 is 2.90 bits per heavy atom. The highest BCUT2D eigenvalue weighted by atomic mass is 32.1. The first-order chi connectivity index (χ1) is 10.3. The SMILES string of the molecule is CCc1ccc(CNC2CCOc3ccc(OC)cc32)s1. The van der Waals surface area contributed by atoms with Crippen molar-refractivity contribution in [3.63, 3.8) is 0 Å². The summed E-state index contributed by atoms with van der Waals surface area (Å²) in [5.41, 5.74) is 1.20. The fraction of sp³-hybridized carbons (Fsp3) is 0.412. The smallest absolute Gasteiger partial charge is 0.124 e. The molecular formula is C17H21NO2S. The lowest BCUT2D eigenvalue weighted by atomic mass is 10.00. The van der Waals surface area contributed by atoms with Crippen molar-refractivity contribution in [1.29, 1.82) is 0 Å². The van der Waals surface area contributed by atoms with E-state index in [4.69, 9.17) is 9.47 Å². The van der Waals surface area contributed by atoms with E-state index >= 15 is 0 Å². The van der Waals surface area contributed by atoms with Crippen LogP contribution in [0.3, 0.4) is 0 Å². The molecule has 112 valence electrons. The number of thiophene rings is 1. The second-order valence-corrected chi connectivity index (χ2v) is 6.45. The molecule has 3 rings (SSSR count). The first-order valence-corrected chi connectivity index (χ1v) is 8.23. The highest BCUT2D eigenvalue weighted by Gasteiger charge is 2.21. The maximum absolute atomic E-state index is 5.73. The molecule has 4 heteroatoms. The quantitative estimate of drug-likeness (QED) is 0.908. The number of hydrogen-bond donors (Lipinski definition) is 1. The predicted octanol–water partition coefficient (Wildman–Crippen LogP) is 3.93. The first-order valence-electron chi connectivity index (χ1n) is 7.42. The Morgan fingerprint density at radius 1 is 1.29 bits per heavy atom. The third-order valence-electron chi connectivity index (χ3n) is 3.84. The number of hydrogen-bond acceptors (Lipinski definition) is 4. The molecule has 1 aliphatic rings. The fourth-order valence-electron chi connectivity index (χ4n) is 2.64. The molecule has 0 saturated heterocycles. The van der Waals surface area contributed by atoms with E-state index in [1.54, 1.807) is 7.11 Å². The topological polar surface area (TPSA) is 30.5 Å². The van der Waals surface area contributed by atoms with Gasteiger partial charge in [-0.25, -0.2) is 0 Å². The van der Waals surface area contributed by atoms with Gasteiger partial charge in [0.15, 0.2) is 0 Å². The van der Waals surface area contributed by atoms with E-state index in [1.807, 2.05) is 23.5 Å². The van der Waals surface area contributed by atoms with Gasteiger partial charge < -0.3 is 14.8 Å². The van der Waals surface area contributed by atoms with Crippen molar-refractivity contribution >= 4 is 11.3 Å². The number of nitrogens with one attached hydrogen (secondary N) is 1. The van der Waals surface area contributed by atoms with Crippen LogP contribution < -0.4 is 14.8 Å². The number of rotatable bonds is 5. The largest absolute Gasteiger partial charge is 0.497 e. The molecule has 0 spiro atoms. The first kappa shape index (κ1) is 14.4. The van der Waals surface area contributed by atoms with Gasteiger partial charge in [0.1, 0.15) is 11.5 Å². The van der Waals surface area contributed by atoms with E-state index in [-0.39, 0.29) is 0 Å². The van der Waals surface area contributed by atoms with Crippen LogP contribution in [0.25, 0.3) is 0 Å². The average molecular weight is 303 g/mol. The molecule has 1 aliphatic heterocycles. The summed E-state index contributed by atoms with van der Waals surface area (Å²) < 4.78 is 11.1. The van der Waals surface area contributed by atoms with Crippen molar-refractivity contribution in [2.75, 3.05) is 13.7 Å². The lowest BCUT2D eigenvalue weighted by Gasteiger charge is -2.27. The zero-order chi connectivity index (χ0) is 14.7. The van der Waals surface area contributed by atoms with Crippen molar-refractivity contribution in [2.45, 2.75) is 32.4 Å². The summed E-state index contributed by atoms with van der Waals surface area (Å²) in [6, 6.07) is 10.8. The fourth-order valence-corrected chi connectivity index (χ4v) is 3.55. The van der Waals surface area contributed by atoms with E-state index in [1.165, 1.54) is 15.3 Å². The molecule has 2 aromatic rings. The number of methoxy groups -OCH3 is 1. The van der Waals surface area contributed by atoms with Gasteiger partial charge in [-0.3, -0.25) is 0 Å². The molecule has 0 bridgehead atoms. The van der Waals surface area contributed by atoms with Crippen molar-refractivity contribution in [3.8, 4) is 11.5 Å². The monoisotopic (exact) mass is 303 g/mol. The highest BCUT2D eigenvalue weighted by Crippen LogP contribution is 2.35. The Kier molecular flexibility index (Phi) is 4.46. The summed E-state index contributed by atoms with van der Waals surface area (Å²) in [7, 11) is 1.70. The van der Waals surface area contributed by atoms with Crippen LogP contribution >= 0.6 is 11.3 Å². The molecule has 0 amide bonds. The van der Waals surface area contributed by atoms with Crippen LogP contribution in [0.2, 0.25) is 0 Å². The van der Waals surface area contributed by atoms with Crippen molar-refractivity contribution in [3.05, 3.63) is 45.6 Å². The molecule has 1 aromatic heterocycles. The summed E-state index contributed by atoms with van der Waals surface area (Å²) in [6.07, 6.45) is 2.11. The van der Waals surface area contributed by atoms with Gasteiger partial charge in [-0.15, -0.1) is 11.3 Å². The molecule has 0 aliphatic carbocycles. The molecule has 21 heavy (non-hydrogen) atoms. The van der Waals surface area contributed by atoms with E-state index in [0.29, 0.717) is 6.04 Å².